The fraction of sp³-hybridized carbons (Fsp3) is 0.0400. The largest absolute Gasteiger partial charge is 0.487 e. The van der Waals surface area contributed by atoms with Crippen molar-refractivity contribution < 1.29 is 9.53 Å². The Morgan fingerprint density at radius 2 is 1.32 bits per heavy atom. The van der Waals surface area contributed by atoms with E-state index < -0.39 is 0 Å². The Bertz CT molecular complexity index is 1110. The smallest absolute Gasteiger partial charge is 0.193 e. The molecule has 0 atom stereocenters. The van der Waals surface area contributed by atoms with Crippen LogP contribution < -0.4 is 0 Å². The van der Waals surface area contributed by atoms with Crippen LogP contribution in [-0.4, -0.2) is 12.4 Å². The lowest BCUT2D eigenvalue weighted by Gasteiger charge is -2.24. The van der Waals surface area contributed by atoms with E-state index in [0.29, 0.717) is 28.0 Å². The van der Waals surface area contributed by atoms with Crippen LogP contribution in [-0.2, 0) is 4.74 Å². The highest BCUT2D eigenvalue weighted by atomic mass is 16.5. The summed E-state index contributed by atoms with van der Waals surface area (Å²) in [6.45, 7) is 0.118. The number of ketones is 1. The standard InChI is InChI=1S/C25H17NO2/c26-16-21-23(18-10-4-1-5-11-18)22(24(27)19-12-6-2-7-13-19)17-28-25(21)20-14-8-3-9-15-20/h1-15H,17H2. The van der Waals surface area contributed by atoms with Gasteiger partial charge in [0, 0.05) is 22.3 Å². The number of nitrogens with zero attached hydrogens (tertiary/aromatic N) is 1. The molecule has 0 radical (unpaired) electrons. The van der Waals surface area contributed by atoms with Gasteiger partial charge in [-0.25, -0.2) is 0 Å². The number of Topliss-reactive ketones (excluding diaryl/α,β-unsaturated/α-hetero) is 1. The van der Waals surface area contributed by atoms with Crippen molar-refractivity contribution in [2.24, 2.45) is 0 Å². The average Bonchev–Trinajstić information content (AvgIpc) is 2.79. The molecule has 0 fully saturated rings. The van der Waals surface area contributed by atoms with Crippen molar-refractivity contribution in [2.75, 3.05) is 6.61 Å². The number of benzene rings is 3. The Labute approximate surface area is 163 Å². The minimum absolute atomic E-state index is 0.118. The summed E-state index contributed by atoms with van der Waals surface area (Å²) >= 11 is 0. The van der Waals surface area contributed by atoms with Crippen LogP contribution in [0.15, 0.2) is 102 Å². The van der Waals surface area contributed by atoms with E-state index in [4.69, 9.17) is 4.74 Å². The van der Waals surface area contributed by atoms with Crippen LogP contribution in [0.5, 0.6) is 0 Å². The molecule has 1 aliphatic heterocycles. The van der Waals surface area contributed by atoms with Gasteiger partial charge in [0.15, 0.2) is 5.78 Å². The molecule has 3 aromatic rings. The van der Waals surface area contributed by atoms with E-state index in [1.807, 2.05) is 78.9 Å². The van der Waals surface area contributed by atoms with Crippen LogP contribution in [0.25, 0.3) is 11.3 Å². The second-order valence-electron chi connectivity index (χ2n) is 6.39. The molecule has 0 unspecified atom stereocenters. The van der Waals surface area contributed by atoms with Gasteiger partial charge in [0.2, 0.25) is 0 Å². The summed E-state index contributed by atoms with van der Waals surface area (Å²) in [6.07, 6.45) is 0. The number of carbonyl (C=O) groups excluding carboxylic acids is 1. The molecule has 3 heteroatoms. The van der Waals surface area contributed by atoms with Gasteiger partial charge in [0.05, 0.1) is 0 Å². The number of hydrogen-bond acceptors (Lipinski definition) is 3. The molecular weight excluding hydrogens is 346 g/mol. The molecule has 0 saturated heterocycles. The lowest BCUT2D eigenvalue weighted by molar-refractivity contribution is 0.101. The topological polar surface area (TPSA) is 50.1 Å². The van der Waals surface area contributed by atoms with Crippen molar-refractivity contribution in [3.05, 3.63) is 119 Å². The number of nitriles is 1. The van der Waals surface area contributed by atoms with E-state index in [1.54, 1.807) is 12.1 Å². The van der Waals surface area contributed by atoms with Gasteiger partial charge in [0.1, 0.15) is 24.0 Å². The van der Waals surface area contributed by atoms with Gasteiger partial charge in [0.25, 0.3) is 0 Å². The van der Waals surface area contributed by atoms with Crippen LogP contribution in [0, 0.1) is 11.3 Å². The summed E-state index contributed by atoms with van der Waals surface area (Å²) in [4.78, 5) is 13.2. The van der Waals surface area contributed by atoms with Gasteiger partial charge in [-0.3, -0.25) is 4.79 Å². The van der Waals surface area contributed by atoms with E-state index in [9.17, 15) is 10.1 Å². The minimum atomic E-state index is -0.126. The van der Waals surface area contributed by atoms with Crippen LogP contribution in [0.4, 0.5) is 0 Å². The van der Waals surface area contributed by atoms with Crippen molar-refractivity contribution in [3.63, 3.8) is 0 Å². The maximum Gasteiger partial charge on any atom is 0.193 e. The Balaban J connectivity index is 1.95. The molecule has 0 amide bonds. The molecule has 1 aliphatic rings. The summed E-state index contributed by atoms with van der Waals surface area (Å²) in [7, 11) is 0. The summed E-state index contributed by atoms with van der Waals surface area (Å²) < 4.78 is 5.95. The van der Waals surface area contributed by atoms with E-state index in [-0.39, 0.29) is 12.4 Å². The summed E-state index contributed by atoms with van der Waals surface area (Å²) in [5, 5.41) is 9.99. The zero-order valence-corrected chi connectivity index (χ0v) is 15.1. The van der Waals surface area contributed by atoms with Gasteiger partial charge in [-0.15, -0.1) is 0 Å². The van der Waals surface area contributed by atoms with Gasteiger partial charge in [-0.2, -0.15) is 5.26 Å². The first-order valence-electron chi connectivity index (χ1n) is 9.01. The zero-order valence-electron chi connectivity index (χ0n) is 15.1. The molecule has 3 aromatic carbocycles. The first-order valence-corrected chi connectivity index (χ1v) is 9.01. The lowest BCUT2D eigenvalue weighted by Crippen LogP contribution is -2.18. The third-order valence-corrected chi connectivity index (χ3v) is 4.66. The van der Waals surface area contributed by atoms with Gasteiger partial charge in [-0.1, -0.05) is 91.0 Å². The molecule has 0 spiro atoms. The molecule has 0 aliphatic carbocycles. The molecule has 134 valence electrons. The lowest BCUT2D eigenvalue weighted by atomic mass is 9.86. The predicted octanol–water partition coefficient (Wildman–Crippen LogP) is 5.29. The summed E-state index contributed by atoms with van der Waals surface area (Å²) in [5.41, 5.74) is 3.74. The fourth-order valence-electron chi connectivity index (χ4n) is 3.34. The van der Waals surface area contributed by atoms with Crippen LogP contribution in [0.2, 0.25) is 0 Å². The second kappa shape index (κ2) is 7.77. The van der Waals surface area contributed by atoms with E-state index in [2.05, 4.69) is 6.07 Å². The van der Waals surface area contributed by atoms with Crippen molar-refractivity contribution >= 4 is 17.1 Å². The number of ether oxygens (including phenoxy) is 1. The molecule has 0 N–H and O–H groups in total. The number of carbonyl (C=O) groups is 1. The number of hydrogen-bond donors (Lipinski definition) is 0. The second-order valence-corrected chi connectivity index (χ2v) is 6.39. The zero-order chi connectivity index (χ0) is 19.3. The van der Waals surface area contributed by atoms with Crippen molar-refractivity contribution in [3.8, 4) is 6.07 Å². The van der Waals surface area contributed by atoms with Crippen molar-refractivity contribution in [1.82, 2.24) is 0 Å². The molecule has 0 saturated carbocycles. The number of allylic oxidation sites excluding steroid dienone is 2. The Hall–Kier alpha value is -3.90. The molecule has 28 heavy (non-hydrogen) atoms. The Kier molecular flexibility index (Phi) is 4.86. The molecular formula is C25H17NO2. The van der Waals surface area contributed by atoms with Crippen molar-refractivity contribution in [2.45, 2.75) is 0 Å². The minimum Gasteiger partial charge on any atom is -0.487 e. The first kappa shape index (κ1) is 17.5. The maximum atomic E-state index is 13.2. The third-order valence-electron chi connectivity index (χ3n) is 4.66. The quantitative estimate of drug-likeness (QED) is 0.592. The fourth-order valence-corrected chi connectivity index (χ4v) is 3.34. The summed E-state index contributed by atoms with van der Waals surface area (Å²) in [6, 6.07) is 30.4. The number of rotatable bonds is 4. The van der Waals surface area contributed by atoms with Gasteiger partial charge < -0.3 is 4.74 Å². The highest BCUT2D eigenvalue weighted by molar-refractivity contribution is 6.17. The monoisotopic (exact) mass is 363 g/mol. The van der Waals surface area contributed by atoms with E-state index >= 15 is 0 Å². The van der Waals surface area contributed by atoms with Crippen LogP contribution in [0.3, 0.4) is 0 Å². The highest BCUT2D eigenvalue weighted by Crippen LogP contribution is 2.38. The predicted molar refractivity (Wildman–Crippen MR) is 109 cm³/mol. The van der Waals surface area contributed by atoms with Crippen LogP contribution in [0.1, 0.15) is 21.5 Å². The molecule has 1 heterocycles. The summed E-state index contributed by atoms with van der Waals surface area (Å²) in [5.74, 6) is 0.380. The third kappa shape index (κ3) is 3.24. The van der Waals surface area contributed by atoms with Crippen molar-refractivity contribution in [1.29, 1.82) is 5.26 Å². The molecule has 0 aromatic heterocycles. The highest BCUT2D eigenvalue weighted by Gasteiger charge is 2.29. The van der Waals surface area contributed by atoms with Gasteiger partial charge in [-0.05, 0) is 5.56 Å². The Morgan fingerprint density at radius 3 is 1.89 bits per heavy atom. The van der Waals surface area contributed by atoms with E-state index in [0.717, 1.165) is 11.1 Å². The van der Waals surface area contributed by atoms with Crippen LogP contribution >= 0.6 is 0 Å². The van der Waals surface area contributed by atoms with Gasteiger partial charge >= 0.3 is 0 Å². The SMILES string of the molecule is N#CC1=C(c2ccccc2)OCC(C(=O)c2ccccc2)=C1c1ccccc1. The molecule has 0 bridgehead atoms. The first-order chi connectivity index (χ1) is 13.8. The molecule has 3 nitrogen and oxygen atoms in total. The molecule has 4 rings (SSSR count). The normalized spacial score (nSPS) is 13.7. The van der Waals surface area contributed by atoms with E-state index in [1.165, 1.54) is 0 Å². The maximum absolute atomic E-state index is 13.2. The average molecular weight is 363 g/mol. The Morgan fingerprint density at radius 1 is 0.786 bits per heavy atom.